The van der Waals surface area contributed by atoms with Crippen LogP contribution in [-0.4, -0.2) is 23.5 Å². The number of nitrogens with one attached hydrogen (secondary N) is 1. The monoisotopic (exact) mass is 346 g/mol. The van der Waals surface area contributed by atoms with Gasteiger partial charge in [0.15, 0.2) is 5.13 Å². The minimum Gasteiger partial charge on any atom is -0.462 e. The van der Waals surface area contributed by atoms with Crippen molar-refractivity contribution in [1.82, 2.24) is 4.98 Å². The van der Waals surface area contributed by atoms with E-state index >= 15 is 0 Å². The summed E-state index contributed by atoms with van der Waals surface area (Å²) in [4.78, 5) is 28.4. The van der Waals surface area contributed by atoms with Crippen LogP contribution in [-0.2, 0) is 9.53 Å². The third-order valence-electron chi connectivity index (χ3n) is 4.34. The number of nitrogens with zero attached hydrogens (tertiary/aromatic N) is 1. The molecule has 0 aliphatic heterocycles. The number of hydrogen-bond acceptors (Lipinski definition) is 5. The van der Waals surface area contributed by atoms with E-state index in [0.717, 1.165) is 23.1 Å². The summed E-state index contributed by atoms with van der Waals surface area (Å²) in [5.41, 5.74) is 1.29. The van der Waals surface area contributed by atoms with Gasteiger partial charge < -0.3 is 10.1 Å². The summed E-state index contributed by atoms with van der Waals surface area (Å²) >= 11 is 1.39. The zero-order chi connectivity index (χ0) is 16.9. The van der Waals surface area contributed by atoms with E-state index in [4.69, 9.17) is 4.74 Å². The first kappa shape index (κ1) is 16.9. The molecule has 6 heteroatoms. The largest absolute Gasteiger partial charge is 0.462 e. The second-order valence-corrected chi connectivity index (χ2v) is 7.21. The molecule has 1 saturated carbocycles. The van der Waals surface area contributed by atoms with Crippen LogP contribution in [0.15, 0.2) is 18.2 Å². The van der Waals surface area contributed by atoms with Crippen LogP contribution in [0.4, 0.5) is 5.13 Å². The first-order chi connectivity index (χ1) is 11.7. The molecule has 24 heavy (non-hydrogen) atoms. The average molecular weight is 346 g/mol. The fraction of sp³-hybridized carbons (Fsp3) is 0.500. The van der Waals surface area contributed by atoms with Crippen molar-refractivity contribution in [2.75, 3.05) is 11.9 Å². The SMILES string of the molecule is CCOC(=O)c1ccc2nc(NC(=O)CC3CCCCC3)sc2c1. The molecular formula is C18H22N2O3S. The quantitative estimate of drug-likeness (QED) is 0.816. The minimum absolute atomic E-state index is 0.0339. The van der Waals surface area contributed by atoms with Gasteiger partial charge in [0.2, 0.25) is 5.91 Å². The molecule has 0 atom stereocenters. The summed E-state index contributed by atoms with van der Waals surface area (Å²) in [6, 6.07) is 5.25. The van der Waals surface area contributed by atoms with Gasteiger partial charge in [-0.1, -0.05) is 30.6 Å². The number of aromatic nitrogens is 1. The summed E-state index contributed by atoms with van der Waals surface area (Å²) in [5, 5.41) is 3.49. The van der Waals surface area contributed by atoms with Crippen LogP contribution in [0.2, 0.25) is 0 Å². The van der Waals surface area contributed by atoms with Gasteiger partial charge in [-0.25, -0.2) is 9.78 Å². The third-order valence-corrected chi connectivity index (χ3v) is 5.28. The van der Waals surface area contributed by atoms with Crippen molar-refractivity contribution < 1.29 is 14.3 Å². The van der Waals surface area contributed by atoms with Crippen molar-refractivity contribution in [1.29, 1.82) is 0 Å². The molecule has 1 aromatic carbocycles. The van der Waals surface area contributed by atoms with Gasteiger partial charge in [-0.15, -0.1) is 0 Å². The number of ether oxygens (including phenoxy) is 1. The molecular weight excluding hydrogens is 324 g/mol. The van der Waals surface area contributed by atoms with E-state index in [2.05, 4.69) is 10.3 Å². The maximum Gasteiger partial charge on any atom is 0.338 e. The Hall–Kier alpha value is -1.95. The molecule has 0 unspecified atom stereocenters. The van der Waals surface area contributed by atoms with E-state index in [1.807, 2.05) is 0 Å². The van der Waals surface area contributed by atoms with Gasteiger partial charge >= 0.3 is 5.97 Å². The summed E-state index contributed by atoms with van der Waals surface area (Å²) < 4.78 is 5.88. The third kappa shape index (κ3) is 4.12. The fourth-order valence-electron chi connectivity index (χ4n) is 3.14. The molecule has 0 spiro atoms. The lowest BCUT2D eigenvalue weighted by Gasteiger charge is -2.20. The molecule has 2 aromatic rings. The lowest BCUT2D eigenvalue weighted by molar-refractivity contribution is -0.117. The highest BCUT2D eigenvalue weighted by molar-refractivity contribution is 7.22. The van der Waals surface area contributed by atoms with Gasteiger partial charge in [-0.2, -0.15) is 0 Å². The number of carbonyl (C=O) groups excluding carboxylic acids is 2. The maximum atomic E-state index is 12.2. The first-order valence-corrected chi connectivity index (χ1v) is 9.35. The van der Waals surface area contributed by atoms with E-state index in [1.54, 1.807) is 25.1 Å². The van der Waals surface area contributed by atoms with Crippen LogP contribution >= 0.6 is 11.3 Å². The van der Waals surface area contributed by atoms with E-state index in [9.17, 15) is 9.59 Å². The van der Waals surface area contributed by atoms with E-state index < -0.39 is 0 Å². The molecule has 1 aliphatic rings. The van der Waals surface area contributed by atoms with Crippen LogP contribution in [0.1, 0.15) is 55.8 Å². The van der Waals surface area contributed by atoms with Crippen molar-refractivity contribution in [3.05, 3.63) is 23.8 Å². The number of amides is 1. The Labute approximate surface area is 145 Å². The molecule has 3 rings (SSSR count). The molecule has 0 radical (unpaired) electrons. The zero-order valence-corrected chi connectivity index (χ0v) is 14.7. The Bertz CT molecular complexity index is 735. The fourth-order valence-corrected chi connectivity index (χ4v) is 4.06. The van der Waals surface area contributed by atoms with Gasteiger partial charge in [0.1, 0.15) is 0 Å². The standard InChI is InChI=1S/C18H22N2O3S/c1-2-23-17(22)13-8-9-14-15(11-13)24-18(19-14)20-16(21)10-12-6-4-3-5-7-12/h8-9,11-12H,2-7,10H2,1H3,(H,19,20,21). The van der Waals surface area contributed by atoms with E-state index in [1.165, 1.54) is 30.6 Å². The smallest absolute Gasteiger partial charge is 0.338 e. The number of benzene rings is 1. The Morgan fingerprint density at radius 1 is 1.29 bits per heavy atom. The van der Waals surface area contributed by atoms with Gasteiger partial charge in [0, 0.05) is 6.42 Å². The molecule has 0 saturated heterocycles. The van der Waals surface area contributed by atoms with Crippen LogP contribution in [0, 0.1) is 5.92 Å². The summed E-state index contributed by atoms with van der Waals surface area (Å²) in [7, 11) is 0. The number of thiazole rings is 1. The number of fused-ring (bicyclic) bond motifs is 1. The Morgan fingerprint density at radius 2 is 2.08 bits per heavy atom. The molecule has 1 amide bonds. The van der Waals surface area contributed by atoms with E-state index in [-0.39, 0.29) is 11.9 Å². The molecule has 1 fully saturated rings. The van der Waals surface area contributed by atoms with Crippen molar-refractivity contribution in [2.45, 2.75) is 45.4 Å². The number of rotatable bonds is 5. The highest BCUT2D eigenvalue weighted by Crippen LogP contribution is 2.29. The predicted molar refractivity (Wildman–Crippen MR) is 95.4 cm³/mol. The van der Waals surface area contributed by atoms with Gasteiger partial charge in [-0.3, -0.25) is 4.79 Å². The molecule has 1 aromatic heterocycles. The van der Waals surface area contributed by atoms with Gasteiger partial charge in [0.05, 0.1) is 22.4 Å². The van der Waals surface area contributed by atoms with Gasteiger partial charge in [-0.05, 0) is 43.9 Å². The maximum absolute atomic E-state index is 12.2. The van der Waals surface area contributed by atoms with Crippen LogP contribution < -0.4 is 5.32 Å². The van der Waals surface area contributed by atoms with Gasteiger partial charge in [0.25, 0.3) is 0 Å². The minimum atomic E-state index is -0.337. The summed E-state index contributed by atoms with van der Waals surface area (Å²) in [5.74, 6) is 0.200. The Balaban J connectivity index is 1.66. The van der Waals surface area contributed by atoms with Crippen molar-refractivity contribution in [3.63, 3.8) is 0 Å². The molecule has 5 nitrogen and oxygen atoms in total. The van der Waals surface area contributed by atoms with Crippen LogP contribution in [0.3, 0.4) is 0 Å². The molecule has 1 N–H and O–H groups in total. The second-order valence-electron chi connectivity index (χ2n) is 6.18. The normalized spacial score (nSPS) is 15.4. The van der Waals surface area contributed by atoms with E-state index in [0.29, 0.717) is 29.6 Å². The van der Waals surface area contributed by atoms with Crippen molar-refractivity contribution in [2.24, 2.45) is 5.92 Å². The Morgan fingerprint density at radius 3 is 2.83 bits per heavy atom. The first-order valence-electron chi connectivity index (χ1n) is 8.53. The Kier molecular flexibility index (Phi) is 5.45. The highest BCUT2D eigenvalue weighted by atomic mass is 32.1. The lowest BCUT2D eigenvalue weighted by atomic mass is 9.87. The van der Waals surface area contributed by atoms with Crippen molar-refractivity contribution in [3.8, 4) is 0 Å². The number of carbonyl (C=O) groups is 2. The topological polar surface area (TPSA) is 68.3 Å². The molecule has 0 bridgehead atoms. The predicted octanol–water partition coefficient (Wildman–Crippen LogP) is 4.38. The van der Waals surface area contributed by atoms with Crippen LogP contribution in [0.5, 0.6) is 0 Å². The average Bonchev–Trinajstić information content (AvgIpc) is 2.97. The highest BCUT2D eigenvalue weighted by Gasteiger charge is 2.18. The zero-order valence-electron chi connectivity index (χ0n) is 13.8. The number of esters is 1. The molecule has 128 valence electrons. The molecule has 1 aliphatic carbocycles. The second kappa shape index (κ2) is 7.75. The summed E-state index contributed by atoms with van der Waals surface area (Å²) in [6.07, 6.45) is 6.63. The number of anilines is 1. The lowest BCUT2D eigenvalue weighted by Crippen LogP contribution is -2.18. The number of hydrogen-bond donors (Lipinski definition) is 1. The van der Waals surface area contributed by atoms with Crippen molar-refractivity contribution >= 4 is 38.6 Å². The summed E-state index contributed by atoms with van der Waals surface area (Å²) in [6.45, 7) is 2.13. The van der Waals surface area contributed by atoms with Crippen LogP contribution in [0.25, 0.3) is 10.2 Å². The molecule has 1 heterocycles.